The first-order valence-electron chi connectivity index (χ1n) is 25.3. The van der Waals surface area contributed by atoms with Crippen molar-refractivity contribution in [3.63, 3.8) is 0 Å². The molecule has 0 unspecified atom stereocenters. The highest BCUT2D eigenvalue weighted by Gasteiger charge is 2.34. The van der Waals surface area contributed by atoms with Gasteiger partial charge in [0, 0.05) is 80.4 Å². The van der Waals surface area contributed by atoms with E-state index in [4.69, 9.17) is 9.97 Å². The van der Waals surface area contributed by atoms with Gasteiger partial charge in [-0.15, -0.1) is 0 Å². The van der Waals surface area contributed by atoms with Gasteiger partial charge in [-0.2, -0.15) is 0 Å². The summed E-state index contributed by atoms with van der Waals surface area (Å²) in [6, 6.07) is 35.8. The van der Waals surface area contributed by atoms with E-state index < -0.39 is 0 Å². The lowest BCUT2D eigenvalue weighted by molar-refractivity contribution is 0.277. The molecule has 13 aromatic rings. The van der Waals surface area contributed by atoms with Gasteiger partial charge in [0.1, 0.15) is 11.6 Å². The van der Waals surface area contributed by atoms with E-state index in [2.05, 4.69) is 113 Å². The van der Waals surface area contributed by atoms with Crippen LogP contribution in [0.15, 0.2) is 128 Å². The van der Waals surface area contributed by atoms with Crippen LogP contribution in [0.5, 0.6) is 0 Å². The fraction of sp³-hybridized carbons (Fsp3) is 0.258. The van der Waals surface area contributed by atoms with E-state index in [0.717, 1.165) is 65.0 Å². The van der Waals surface area contributed by atoms with Gasteiger partial charge >= 0.3 is 0 Å². The van der Waals surface area contributed by atoms with Gasteiger partial charge in [0.05, 0.1) is 43.6 Å². The van der Waals surface area contributed by atoms with E-state index in [1.807, 2.05) is 74.8 Å². The van der Waals surface area contributed by atoms with Crippen molar-refractivity contribution in [3.8, 4) is 22.8 Å². The zero-order chi connectivity index (χ0) is 50.1. The molecule has 0 fully saturated rings. The van der Waals surface area contributed by atoms with Crippen LogP contribution in [-0.2, 0) is 14.1 Å². The molecular weight excluding hydrogens is 893 g/mol. The maximum absolute atomic E-state index is 15.6. The first kappa shape index (κ1) is 44.0. The van der Waals surface area contributed by atoms with E-state index >= 15 is 19.2 Å². The molecule has 0 bridgehead atoms. The number of benzene rings is 9. The molecule has 0 N–H and O–H groups in total. The summed E-state index contributed by atoms with van der Waals surface area (Å²) >= 11 is 0. The first-order valence-corrected chi connectivity index (χ1v) is 25.3. The molecule has 10 heteroatoms. The van der Waals surface area contributed by atoms with E-state index in [1.54, 1.807) is 0 Å². The van der Waals surface area contributed by atoms with Crippen LogP contribution in [0, 0.1) is 23.7 Å². The monoisotopic (exact) mass is 946 g/mol. The molecule has 13 rings (SSSR count). The van der Waals surface area contributed by atoms with Gasteiger partial charge in [0.25, 0.3) is 22.2 Å². The number of nitrogens with zero attached hydrogens (tertiary/aromatic N) is 6. The van der Waals surface area contributed by atoms with Gasteiger partial charge in [-0.05, 0) is 69.5 Å². The Morgan fingerprint density at radius 2 is 0.694 bits per heavy atom. The van der Waals surface area contributed by atoms with Crippen molar-refractivity contribution in [2.24, 2.45) is 37.8 Å². The van der Waals surface area contributed by atoms with Crippen molar-refractivity contribution < 1.29 is 0 Å². The Labute approximate surface area is 413 Å². The van der Waals surface area contributed by atoms with Crippen molar-refractivity contribution in [3.05, 3.63) is 151 Å². The number of aromatic nitrogens is 6. The van der Waals surface area contributed by atoms with Crippen LogP contribution in [0.2, 0.25) is 0 Å². The first-order chi connectivity index (χ1) is 34.6. The number of rotatable bonds is 8. The lowest BCUT2D eigenvalue weighted by Crippen LogP contribution is -2.40. The average molecular weight is 947 g/mol. The number of hydrogen-bond donors (Lipinski definition) is 0. The van der Waals surface area contributed by atoms with E-state index in [-0.39, 0.29) is 58.0 Å². The average Bonchev–Trinajstić information content (AvgIpc) is 3.57. The third kappa shape index (κ3) is 5.66. The third-order valence-corrected chi connectivity index (χ3v) is 16.2. The Bertz CT molecular complexity index is 4400. The molecule has 72 heavy (non-hydrogen) atoms. The summed E-state index contributed by atoms with van der Waals surface area (Å²) in [6.07, 6.45) is 0. The van der Waals surface area contributed by atoms with Crippen LogP contribution >= 0.6 is 0 Å². The third-order valence-electron chi connectivity index (χ3n) is 16.2. The Morgan fingerprint density at radius 3 is 1.06 bits per heavy atom. The molecule has 0 spiro atoms. The normalized spacial score (nSPS) is 13.0. The molecule has 0 radical (unpaired) electrons. The van der Waals surface area contributed by atoms with Gasteiger partial charge in [0.2, 0.25) is 0 Å². The van der Waals surface area contributed by atoms with Gasteiger partial charge in [0.15, 0.2) is 0 Å². The highest BCUT2D eigenvalue weighted by molar-refractivity contribution is 6.48. The molecular formula is C62H54N6O4. The van der Waals surface area contributed by atoms with Crippen LogP contribution in [0.4, 0.5) is 0 Å². The Morgan fingerprint density at radius 1 is 0.361 bits per heavy atom. The minimum Gasteiger partial charge on any atom is -0.328 e. The summed E-state index contributed by atoms with van der Waals surface area (Å²) < 4.78 is 7.16. The zero-order valence-corrected chi connectivity index (χ0v) is 42.2. The Hall–Kier alpha value is -7.98. The lowest BCUT2D eigenvalue weighted by atomic mass is 9.84. The molecule has 4 aromatic heterocycles. The smallest absolute Gasteiger partial charge is 0.261 e. The fourth-order valence-corrected chi connectivity index (χ4v) is 13.5. The lowest BCUT2D eigenvalue weighted by Gasteiger charge is -2.28. The second-order valence-corrected chi connectivity index (χ2v) is 21.7. The second-order valence-electron chi connectivity index (χ2n) is 21.7. The summed E-state index contributed by atoms with van der Waals surface area (Å²) in [5.74, 6) is 1.15. The highest BCUT2D eigenvalue weighted by Crippen LogP contribution is 2.51. The van der Waals surface area contributed by atoms with Crippen LogP contribution in [0.25, 0.3) is 131 Å². The second kappa shape index (κ2) is 15.3. The summed E-state index contributed by atoms with van der Waals surface area (Å²) in [7, 11) is 3.98. The zero-order valence-electron chi connectivity index (χ0n) is 42.2. The van der Waals surface area contributed by atoms with Crippen LogP contribution in [0.1, 0.15) is 67.5 Å². The maximum atomic E-state index is 15.6. The predicted molar refractivity (Wildman–Crippen MR) is 298 cm³/mol. The van der Waals surface area contributed by atoms with Crippen molar-refractivity contribution in [2.45, 2.75) is 67.5 Å². The van der Waals surface area contributed by atoms with Gasteiger partial charge in [-0.1, -0.05) is 140 Å². The molecule has 0 aliphatic heterocycles. The summed E-state index contributed by atoms with van der Waals surface area (Å²) in [4.78, 5) is 73.8. The molecule has 0 atom stereocenters. The van der Waals surface area contributed by atoms with Gasteiger partial charge < -0.3 is 9.13 Å². The van der Waals surface area contributed by atoms with E-state index in [0.29, 0.717) is 66.0 Å². The minimum atomic E-state index is -0.388. The number of pyridine rings is 2. The summed E-state index contributed by atoms with van der Waals surface area (Å²) in [6.45, 7) is 16.5. The number of aryl methyl sites for hydroxylation is 2. The summed E-state index contributed by atoms with van der Waals surface area (Å²) in [5.41, 5.74) is 2.91. The van der Waals surface area contributed by atoms with Gasteiger partial charge in [-0.25, -0.2) is 9.97 Å². The van der Waals surface area contributed by atoms with Crippen molar-refractivity contribution in [2.75, 3.05) is 0 Å². The standard InChI is InChI=1S/C62H54N6O4/c1-29(2)55(30(3)4)67-59(69)39-25-43-49-52-46(66(10)57(63-43)37-23-15-19-33-17-11-13-21-35(33)37)28-42-48-40(60(70)68(62(42)72)56(31(5)6)32(7)8)26-44-50(54(48)52)51-45(27-41(61(67)71)47(39)53(49)51)65(9)58(64-44)38-24-16-20-34-18-12-14-22-36(34)38/h11-32,55-56H,1-10H3. The van der Waals surface area contributed by atoms with Crippen molar-refractivity contribution >= 4 is 108 Å². The molecule has 0 aliphatic carbocycles. The molecule has 9 aromatic carbocycles. The highest BCUT2D eigenvalue weighted by atomic mass is 16.2. The molecule has 0 saturated carbocycles. The van der Waals surface area contributed by atoms with Crippen LogP contribution in [0.3, 0.4) is 0 Å². The largest absolute Gasteiger partial charge is 0.328 e. The molecule has 10 nitrogen and oxygen atoms in total. The maximum Gasteiger partial charge on any atom is 0.261 e. The quantitative estimate of drug-likeness (QED) is 0.111. The van der Waals surface area contributed by atoms with E-state index in [1.165, 1.54) is 9.13 Å². The molecule has 0 saturated heterocycles. The minimum absolute atomic E-state index is 0.0258. The van der Waals surface area contributed by atoms with Crippen LogP contribution < -0.4 is 22.2 Å². The predicted octanol–water partition coefficient (Wildman–Crippen LogP) is 13.1. The topological polar surface area (TPSA) is 114 Å². The number of hydrogen-bond acceptors (Lipinski definition) is 6. The van der Waals surface area contributed by atoms with Crippen LogP contribution in [-0.4, -0.2) is 28.2 Å². The van der Waals surface area contributed by atoms with Crippen molar-refractivity contribution in [1.82, 2.24) is 28.2 Å². The molecule has 0 aliphatic rings. The molecule has 0 amide bonds. The van der Waals surface area contributed by atoms with E-state index in [9.17, 15) is 0 Å². The van der Waals surface area contributed by atoms with Gasteiger partial charge in [-0.3, -0.25) is 28.3 Å². The van der Waals surface area contributed by atoms with Crippen molar-refractivity contribution in [1.29, 1.82) is 0 Å². The Balaban J connectivity index is 1.40. The number of fused-ring (bicyclic) bond motifs is 2. The Kier molecular flexibility index (Phi) is 9.33. The summed E-state index contributed by atoms with van der Waals surface area (Å²) in [5, 5.41) is 11.4. The SMILES string of the molecule is CC(C)C(C(C)C)n1c(=O)c2cc3nc(-c4cccc5ccccc45)n(C)c4cc5c(=O)n(C(C(C)C)C(C)C)c(=O)c6cc7nc(-c8cccc9ccccc89)n(C)c8cc(c1=O)c2c1c3c4c(c65)c7c18. The fourth-order valence-electron chi connectivity index (χ4n) is 13.5. The molecule has 356 valence electrons. The molecule has 4 heterocycles.